The fraction of sp³-hybridized carbons (Fsp3) is 0.267. The molecule has 0 bridgehead atoms. The highest BCUT2D eigenvalue weighted by molar-refractivity contribution is 6.42. The van der Waals surface area contributed by atoms with Crippen LogP contribution in [-0.2, 0) is 16.0 Å². The van der Waals surface area contributed by atoms with Crippen molar-refractivity contribution in [3.05, 3.63) is 99.0 Å². The van der Waals surface area contributed by atoms with Crippen molar-refractivity contribution in [2.45, 2.75) is 32.9 Å². The van der Waals surface area contributed by atoms with Crippen LogP contribution in [0.25, 0.3) is 0 Å². The van der Waals surface area contributed by atoms with Crippen molar-refractivity contribution in [1.29, 1.82) is 0 Å². The predicted octanol–water partition coefficient (Wildman–Crippen LogP) is 5.25. The van der Waals surface area contributed by atoms with Crippen LogP contribution in [-0.4, -0.2) is 36.6 Å². The van der Waals surface area contributed by atoms with Crippen molar-refractivity contribution in [1.82, 2.24) is 5.32 Å². The van der Waals surface area contributed by atoms with Crippen LogP contribution in [0.3, 0.4) is 0 Å². The van der Waals surface area contributed by atoms with Gasteiger partial charge in [0.05, 0.1) is 21.4 Å². The largest absolute Gasteiger partial charge is 0.366 e. The van der Waals surface area contributed by atoms with Crippen LogP contribution in [0.1, 0.15) is 47.3 Å². The number of likely N-dealkylation sites (N-methyl/N-ethyl adjacent to an activating group) is 1. The minimum absolute atomic E-state index is 0.239. The molecule has 0 fully saturated rings. The summed E-state index contributed by atoms with van der Waals surface area (Å²) in [6.07, 6.45) is -0.110. The van der Waals surface area contributed by atoms with Crippen LogP contribution < -0.4 is 16.0 Å². The van der Waals surface area contributed by atoms with E-state index in [1.165, 1.54) is 4.90 Å². The maximum absolute atomic E-state index is 13.6. The molecule has 4 rings (SSSR count). The molecule has 1 aliphatic heterocycles. The molecule has 3 aromatic rings. The summed E-state index contributed by atoms with van der Waals surface area (Å²) in [6.45, 7) is 4.09. The van der Waals surface area contributed by atoms with E-state index in [0.29, 0.717) is 45.4 Å². The molecule has 3 N–H and O–H groups in total. The standard InChI is InChI=1S/C30H30Cl2N4O3/c1-17(2)14-21(15-18-8-13-23(31)24(32)16-18)29(38)35-28-30(39)36(3)25-7-5-4-6-22(25)26(34-28)19-9-11-20(12-10-19)27(33)37/h4-13,16-17,21,28H,14-15H2,1-3H3,(H2,33,37)(H,35,38). The lowest BCUT2D eigenvalue weighted by Crippen LogP contribution is -2.48. The Bertz CT molecular complexity index is 1440. The number of carbonyl (C=O) groups excluding carboxylic acids is 3. The maximum atomic E-state index is 13.6. The molecule has 9 heteroatoms. The zero-order chi connectivity index (χ0) is 28.3. The van der Waals surface area contributed by atoms with Gasteiger partial charge in [0.1, 0.15) is 0 Å². The number of carbonyl (C=O) groups is 3. The first-order valence-electron chi connectivity index (χ1n) is 12.6. The first-order valence-corrected chi connectivity index (χ1v) is 13.4. The first kappa shape index (κ1) is 28.3. The fourth-order valence-corrected chi connectivity index (χ4v) is 5.02. The Balaban J connectivity index is 1.70. The van der Waals surface area contributed by atoms with Gasteiger partial charge in [-0.2, -0.15) is 0 Å². The number of hydrogen-bond acceptors (Lipinski definition) is 4. The quantitative estimate of drug-likeness (QED) is 0.390. The Kier molecular flexibility index (Phi) is 8.73. The molecule has 1 aliphatic rings. The Morgan fingerprint density at radius 3 is 2.36 bits per heavy atom. The van der Waals surface area contributed by atoms with Crippen molar-refractivity contribution in [3.8, 4) is 0 Å². The second kappa shape index (κ2) is 12.0. The van der Waals surface area contributed by atoms with Gasteiger partial charge >= 0.3 is 0 Å². The van der Waals surface area contributed by atoms with Crippen LogP contribution in [0.15, 0.2) is 71.7 Å². The SMILES string of the molecule is CC(C)CC(Cc1ccc(Cl)c(Cl)c1)C(=O)NC1N=C(c2ccc(C(N)=O)cc2)c2ccccc2N(C)C1=O. The van der Waals surface area contributed by atoms with Gasteiger partial charge < -0.3 is 16.0 Å². The third-order valence-electron chi connectivity index (χ3n) is 6.66. The first-order chi connectivity index (χ1) is 18.5. The van der Waals surface area contributed by atoms with E-state index in [0.717, 1.165) is 11.1 Å². The molecular formula is C30H30Cl2N4O3. The number of fused-ring (bicyclic) bond motifs is 1. The summed E-state index contributed by atoms with van der Waals surface area (Å²) in [7, 11) is 1.66. The third kappa shape index (κ3) is 6.49. The topological polar surface area (TPSA) is 105 Å². The van der Waals surface area contributed by atoms with Crippen LogP contribution in [0.4, 0.5) is 5.69 Å². The van der Waals surface area contributed by atoms with Gasteiger partial charge in [-0.1, -0.05) is 73.4 Å². The van der Waals surface area contributed by atoms with Gasteiger partial charge in [-0.3, -0.25) is 14.4 Å². The van der Waals surface area contributed by atoms with E-state index in [1.54, 1.807) is 43.4 Å². The van der Waals surface area contributed by atoms with Gasteiger partial charge in [-0.05, 0) is 54.7 Å². The number of nitrogens with zero attached hydrogens (tertiary/aromatic N) is 2. The van der Waals surface area contributed by atoms with E-state index in [4.69, 9.17) is 33.9 Å². The maximum Gasteiger partial charge on any atom is 0.272 e. The Labute approximate surface area is 238 Å². The van der Waals surface area contributed by atoms with E-state index in [1.807, 2.05) is 44.2 Å². The molecule has 7 nitrogen and oxygen atoms in total. The zero-order valence-corrected chi connectivity index (χ0v) is 23.5. The number of amides is 3. The molecule has 0 aliphatic carbocycles. The minimum Gasteiger partial charge on any atom is -0.366 e. The molecule has 0 saturated carbocycles. The number of benzodiazepines with no additional fused rings is 1. The highest BCUT2D eigenvalue weighted by Crippen LogP contribution is 2.29. The third-order valence-corrected chi connectivity index (χ3v) is 7.40. The zero-order valence-electron chi connectivity index (χ0n) is 21.9. The molecular weight excluding hydrogens is 535 g/mol. The van der Waals surface area contributed by atoms with E-state index in [2.05, 4.69) is 5.32 Å². The highest BCUT2D eigenvalue weighted by atomic mass is 35.5. The monoisotopic (exact) mass is 564 g/mol. The smallest absolute Gasteiger partial charge is 0.272 e. The number of nitrogens with one attached hydrogen (secondary N) is 1. The van der Waals surface area contributed by atoms with Crippen molar-refractivity contribution in [3.63, 3.8) is 0 Å². The number of primary amides is 1. The molecule has 3 aromatic carbocycles. The lowest BCUT2D eigenvalue weighted by molar-refractivity contribution is -0.130. The van der Waals surface area contributed by atoms with Gasteiger partial charge in [-0.15, -0.1) is 0 Å². The summed E-state index contributed by atoms with van der Waals surface area (Å²) in [4.78, 5) is 45.1. The Morgan fingerprint density at radius 1 is 1.03 bits per heavy atom. The number of benzene rings is 3. The summed E-state index contributed by atoms with van der Waals surface area (Å²) in [6, 6.07) is 19.4. The van der Waals surface area contributed by atoms with E-state index >= 15 is 0 Å². The average molecular weight is 566 g/mol. The summed E-state index contributed by atoms with van der Waals surface area (Å²) < 4.78 is 0. The van der Waals surface area contributed by atoms with Crippen LogP contribution in [0.5, 0.6) is 0 Å². The van der Waals surface area contributed by atoms with Crippen molar-refractivity contribution < 1.29 is 14.4 Å². The van der Waals surface area contributed by atoms with Gasteiger partial charge in [0.15, 0.2) is 0 Å². The molecule has 2 atom stereocenters. The number of nitrogens with two attached hydrogens (primary N) is 1. The molecule has 3 amide bonds. The summed E-state index contributed by atoms with van der Waals surface area (Å²) >= 11 is 12.3. The molecule has 0 saturated heterocycles. The summed E-state index contributed by atoms with van der Waals surface area (Å²) in [5.74, 6) is -1.36. The van der Waals surface area contributed by atoms with Crippen LogP contribution >= 0.6 is 23.2 Å². The number of anilines is 1. The number of rotatable bonds is 8. The molecule has 202 valence electrons. The molecule has 1 heterocycles. The number of para-hydroxylation sites is 1. The van der Waals surface area contributed by atoms with Crippen molar-refractivity contribution in [2.75, 3.05) is 11.9 Å². The number of halogens is 2. The second-order valence-corrected chi connectivity index (χ2v) is 10.8. The lowest BCUT2D eigenvalue weighted by atomic mass is 9.90. The van der Waals surface area contributed by atoms with Gasteiger partial charge in [0, 0.05) is 29.7 Å². The molecule has 0 aromatic heterocycles. The Morgan fingerprint density at radius 2 is 1.72 bits per heavy atom. The van der Waals surface area contributed by atoms with Gasteiger partial charge in [-0.25, -0.2) is 4.99 Å². The molecule has 2 unspecified atom stereocenters. The van der Waals surface area contributed by atoms with Gasteiger partial charge in [0.25, 0.3) is 5.91 Å². The van der Waals surface area contributed by atoms with Crippen molar-refractivity contribution in [2.24, 2.45) is 22.6 Å². The van der Waals surface area contributed by atoms with E-state index in [9.17, 15) is 14.4 Å². The second-order valence-electron chi connectivity index (χ2n) is 10.0. The van der Waals surface area contributed by atoms with E-state index < -0.39 is 18.0 Å². The number of hydrogen-bond donors (Lipinski definition) is 2. The van der Waals surface area contributed by atoms with Crippen molar-refractivity contribution >= 4 is 52.3 Å². The van der Waals surface area contributed by atoms with Gasteiger partial charge in [0.2, 0.25) is 18.0 Å². The minimum atomic E-state index is -1.15. The van der Waals surface area contributed by atoms with Crippen LogP contribution in [0.2, 0.25) is 10.0 Å². The molecule has 39 heavy (non-hydrogen) atoms. The van der Waals surface area contributed by atoms with Crippen LogP contribution in [0, 0.1) is 11.8 Å². The summed E-state index contributed by atoms with van der Waals surface area (Å²) in [5.41, 5.74) is 9.24. The number of aliphatic imine (C=N–C) groups is 1. The summed E-state index contributed by atoms with van der Waals surface area (Å²) in [5, 5.41) is 3.77. The fourth-order valence-electron chi connectivity index (χ4n) is 4.69. The van der Waals surface area contributed by atoms with E-state index in [-0.39, 0.29) is 17.7 Å². The average Bonchev–Trinajstić information content (AvgIpc) is 3.01. The normalized spacial score (nSPS) is 15.8. The highest BCUT2D eigenvalue weighted by Gasteiger charge is 2.33. The molecule has 0 spiro atoms. The predicted molar refractivity (Wildman–Crippen MR) is 155 cm³/mol. The molecule has 0 radical (unpaired) electrons. The lowest BCUT2D eigenvalue weighted by Gasteiger charge is -2.24. The Hall–Kier alpha value is -3.68.